The number of hydrogen-bond acceptors (Lipinski definition) is 1. The summed E-state index contributed by atoms with van der Waals surface area (Å²) in [6.07, 6.45) is 1.80. The number of benzene rings is 1. The first kappa shape index (κ1) is 12.7. The van der Waals surface area contributed by atoms with Gasteiger partial charge in [0.1, 0.15) is 5.69 Å². The highest BCUT2D eigenvalue weighted by Crippen LogP contribution is 2.28. The lowest BCUT2D eigenvalue weighted by atomic mass is 10.1. The van der Waals surface area contributed by atoms with E-state index in [2.05, 4.69) is 0 Å². The van der Waals surface area contributed by atoms with Crippen molar-refractivity contribution in [2.24, 2.45) is 0 Å². The molecule has 18 heavy (non-hydrogen) atoms. The second kappa shape index (κ2) is 4.86. The predicted molar refractivity (Wildman–Crippen MR) is 72.2 cm³/mol. The van der Waals surface area contributed by atoms with Crippen LogP contribution in [0.4, 0.5) is 0 Å². The largest absolute Gasteiger partial charge is 0.477 e. The molecule has 0 saturated carbocycles. The molecular formula is C14H14ClNO2. The van der Waals surface area contributed by atoms with Gasteiger partial charge in [-0.1, -0.05) is 23.7 Å². The third-order valence-corrected chi connectivity index (χ3v) is 3.04. The fourth-order valence-electron chi connectivity index (χ4n) is 1.99. The summed E-state index contributed by atoms with van der Waals surface area (Å²) in [6, 6.07) is 9.13. The van der Waals surface area contributed by atoms with E-state index in [9.17, 15) is 9.90 Å². The SMILES string of the molecule is CC(C)n1ccc(-c2cccc(Cl)c2)c1C(=O)O. The van der Waals surface area contributed by atoms with E-state index >= 15 is 0 Å². The number of rotatable bonds is 3. The maximum atomic E-state index is 11.4. The second-order valence-electron chi connectivity index (χ2n) is 4.39. The Kier molecular flexibility index (Phi) is 3.43. The first-order valence-corrected chi connectivity index (χ1v) is 6.08. The Morgan fingerprint density at radius 1 is 1.33 bits per heavy atom. The zero-order valence-electron chi connectivity index (χ0n) is 10.2. The number of carbonyl (C=O) groups is 1. The van der Waals surface area contributed by atoms with Crippen molar-refractivity contribution < 1.29 is 9.90 Å². The molecule has 2 rings (SSSR count). The van der Waals surface area contributed by atoms with Gasteiger partial charge in [-0.2, -0.15) is 0 Å². The molecule has 1 heterocycles. The van der Waals surface area contributed by atoms with E-state index in [1.54, 1.807) is 22.9 Å². The van der Waals surface area contributed by atoms with Crippen LogP contribution in [0.5, 0.6) is 0 Å². The average Bonchev–Trinajstić information content (AvgIpc) is 2.73. The molecule has 0 aliphatic rings. The lowest BCUT2D eigenvalue weighted by Gasteiger charge is -2.11. The van der Waals surface area contributed by atoms with Gasteiger partial charge >= 0.3 is 5.97 Å². The molecule has 0 atom stereocenters. The lowest BCUT2D eigenvalue weighted by Crippen LogP contribution is -2.10. The molecule has 0 spiro atoms. The molecule has 1 aromatic heterocycles. The summed E-state index contributed by atoms with van der Waals surface area (Å²) in [5.74, 6) is -0.927. The first-order chi connectivity index (χ1) is 8.50. The maximum Gasteiger partial charge on any atom is 0.353 e. The van der Waals surface area contributed by atoms with E-state index in [0.29, 0.717) is 16.3 Å². The molecule has 4 heteroatoms. The van der Waals surface area contributed by atoms with Gasteiger partial charge in [0.25, 0.3) is 0 Å². The van der Waals surface area contributed by atoms with Crippen LogP contribution in [-0.4, -0.2) is 15.6 Å². The van der Waals surface area contributed by atoms with Gasteiger partial charge in [-0.15, -0.1) is 0 Å². The Morgan fingerprint density at radius 3 is 2.61 bits per heavy atom. The van der Waals surface area contributed by atoms with Gasteiger partial charge in [0.2, 0.25) is 0 Å². The van der Waals surface area contributed by atoms with Crippen LogP contribution < -0.4 is 0 Å². The fraction of sp³-hybridized carbons (Fsp3) is 0.214. The monoisotopic (exact) mass is 263 g/mol. The topological polar surface area (TPSA) is 42.2 Å². The zero-order chi connectivity index (χ0) is 13.3. The third kappa shape index (κ3) is 2.27. The van der Waals surface area contributed by atoms with Gasteiger partial charge in [0.15, 0.2) is 0 Å². The standard InChI is InChI=1S/C14H14ClNO2/c1-9(2)16-7-6-12(13(16)14(17)18)10-4-3-5-11(15)8-10/h3-9H,1-2H3,(H,17,18). The summed E-state index contributed by atoms with van der Waals surface area (Å²) in [6.45, 7) is 3.91. The van der Waals surface area contributed by atoms with Crippen LogP contribution in [0.25, 0.3) is 11.1 Å². The van der Waals surface area contributed by atoms with Crippen LogP contribution >= 0.6 is 11.6 Å². The Hall–Kier alpha value is -1.74. The Morgan fingerprint density at radius 2 is 2.06 bits per heavy atom. The smallest absolute Gasteiger partial charge is 0.353 e. The van der Waals surface area contributed by atoms with Gasteiger partial charge < -0.3 is 9.67 Å². The minimum absolute atomic E-state index is 0.101. The van der Waals surface area contributed by atoms with Crippen molar-refractivity contribution in [3.63, 3.8) is 0 Å². The summed E-state index contributed by atoms with van der Waals surface area (Å²) >= 11 is 5.94. The van der Waals surface area contributed by atoms with Gasteiger partial charge in [0.05, 0.1) is 0 Å². The molecule has 1 N–H and O–H groups in total. The number of carboxylic acids is 1. The molecule has 94 valence electrons. The van der Waals surface area contributed by atoms with Crippen LogP contribution in [0.1, 0.15) is 30.4 Å². The van der Waals surface area contributed by atoms with Gasteiger partial charge in [-0.05, 0) is 37.6 Å². The molecule has 0 fully saturated rings. The summed E-state index contributed by atoms with van der Waals surface area (Å²) < 4.78 is 1.75. The third-order valence-electron chi connectivity index (χ3n) is 2.81. The average molecular weight is 264 g/mol. The Balaban J connectivity index is 2.62. The van der Waals surface area contributed by atoms with E-state index in [0.717, 1.165) is 5.56 Å². The van der Waals surface area contributed by atoms with Crippen molar-refractivity contribution in [1.29, 1.82) is 0 Å². The minimum atomic E-state index is -0.927. The van der Waals surface area contributed by atoms with Crippen molar-refractivity contribution in [2.45, 2.75) is 19.9 Å². The van der Waals surface area contributed by atoms with Crippen molar-refractivity contribution in [3.05, 3.63) is 47.2 Å². The van der Waals surface area contributed by atoms with Crippen molar-refractivity contribution in [3.8, 4) is 11.1 Å². The van der Waals surface area contributed by atoms with Crippen LogP contribution in [0.3, 0.4) is 0 Å². The highest BCUT2D eigenvalue weighted by atomic mass is 35.5. The fourth-order valence-corrected chi connectivity index (χ4v) is 2.18. The first-order valence-electron chi connectivity index (χ1n) is 5.70. The van der Waals surface area contributed by atoms with E-state index in [1.807, 2.05) is 32.0 Å². The van der Waals surface area contributed by atoms with Gasteiger partial charge in [-0.3, -0.25) is 0 Å². The number of halogens is 1. The van der Waals surface area contributed by atoms with E-state index in [1.165, 1.54) is 0 Å². The summed E-state index contributed by atoms with van der Waals surface area (Å²) in [5, 5.41) is 9.96. The van der Waals surface area contributed by atoms with Crippen molar-refractivity contribution in [1.82, 2.24) is 4.57 Å². The van der Waals surface area contributed by atoms with E-state index in [4.69, 9.17) is 11.6 Å². The summed E-state index contributed by atoms with van der Waals surface area (Å²) in [7, 11) is 0. The molecule has 0 amide bonds. The minimum Gasteiger partial charge on any atom is -0.477 e. The van der Waals surface area contributed by atoms with Crippen LogP contribution in [0.2, 0.25) is 5.02 Å². The quantitative estimate of drug-likeness (QED) is 0.906. The van der Waals surface area contributed by atoms with Gasteiger partial charge in [0, 0.05) is 22.8 Å². The van der Waals surface area contributed by atoms with E-state index in [-0.39, 0.29) is 6.04 Å². The Bertz CT molecular complexity index is 587. The summed E-state index contributed by atoms with van der Waals surface area (Å²) in [4.78, 5) is 11.4. The molecule has 3 nitrogen and oxygen atoms in total. The van der Waals surface area contributed by atoms with Crippen LogP contribution in [0.15, 0.2) is 36.5 Å². The number of nitrogens with zero attached hydrogens (tertiary/aromatic N) is 1. The van der Waals surface area contributed by atoms with Crippen molar-refractivity contribution >= 4 is 17.6 Å². The molecule has 0 aliphatic carbocycles. The number of aromatic carboxylic acids is 1. The number of carboxylic acid groups (broad SMARTS) is 1. The molecule has 0 saturated heterocycles. The lowest BCUT2D eigenvalue weighted by molar-refractivity contribution is 0.0684. The highest BCUT2D eigenvalue weighted by molar-refractivity contribution is 6.30. The normalized spacial score (nSPS) is 10.9. The molecule has 2 aromatic rings. The van der Waals surface area contributed by atoms with Gasteiger partial charge in [-0.25, -0.2) is 4.79 Å². The molecule has 0 aliphatic heterocycles. The van der Waals surface area contributed by atoms with Crippen LogP contribution in [0, 0.1) is 0 Å². The molecule has 0 radical (unpaired) electrons. The second-order valence-corrected chi connectivity index (χ2v) is 4.83. The van der Waals surface area contributed by atoms with E-state index < -0.39 is 5.97 Å². The molecule has 0 unspecified atom stereocenters. The molecule has 0 bridgehead atoms. The van der Waals surface area contributed by atoms with Crippen LogP contribution in [-0.2, 0) is 0 Å². The molecular weight excluding hydrogens is 250 g/mol. The molecule has 1 aromatic carbocycles. The number of aromatic nitrogens is 1. The predicted octanol–water partition coefficient (Wildman–Crippen LogP) is 4.09. The zero-order valence-corrected chi connectivity index (χ0v) is 11.0. The number of hydrogen-bond donors (Lipinski definition) is 1. The highest BCUT2D eigenvalue weighted by Gasteiger charge is 2.18. The maximum absolute atomic E-state index is 11.4. The van der Waals surface area contributed by atoms with Crippen molar-refractivity contribution in [2.75, 3.05) is 0 Å². The Labute approximate surface area is 111 Å². The summed E-state index contributed by atoms with van der Waals surface area (Å²) in [5.41, 5.74) is 1.81.